The smallest absolute Gasteiger partial charge is 0.382 e. The molecule has 4 unspecified atom stereocenters. The summed E-state index contributed by atoms with van der Waals surface area (Å²) in [4.78, 5) is 48.1. The molecular formula is C13H19ClN5O11P3. The Hall–Kier alpha value is -1.43. The average Bonchev–Trinajstić information content (AvgIpc) is 3.09. The Balaban J connectivity index is 2.21. The lowest BCUT2D eigenvalue weighted by atomic mass is 10.0. The number of hydrogen-bond donors (Lipinski definition) is 5. The monoisotopic (exact) mass is 549 g/mol. The van der Waals surface area contributed by atoms with Gasteiger partial charge in [0.15, 0.2) is 11.5 Å². The number of aromatic nitrogens is 4. The van der Waals surface area contributed by atoms with Gasteiger partial charge in [-0.2, -0.15) is 8.62 Å². The van der Waals surface area contributed by atoms with Crippen LogP contribution in [-0.2, 0) is 31.6 Å². The van der Waals surface area contributed by atoms with Gasteiger partial charge in [0.1, 0.15) is 23.7 Å². The van der Waals surface area contributed by atoms with Crippen LogP contribution in [0.5, 0.6) is 0 Å². The summed E-state index contributed by atoms with van der Waals surface area (Å²) in [5, 5.41) is 0. The summed E-state index contributed by atoms with van der Waals surface area (Å²) in [5.41, 5.74) is 4.69. The molecule has 4 atom stereocenters. The molecule has 0 saturated carbocycles. The van der Waals surface area contributed by atoms with Crippen LogP contribution in [0.2, 0.25) is 0 Å². The maximum Gasteiger partial charge on any atom is 0.490 e. The predicted molar refractivity (Wildman–Crippen MR) is 112 cm³/mol. The second-order valence-electron chi connectivity index (χ2n) is 6.36. The number of nitrogens with two attached hydrogens (primary N) is 1. The largest absolute Gasteiger partial charge is 0.490 e. The van der Waals surface area contributed by atoms with Crippen LogP contribution in [0.25, 0.3) is 11.2 Å². The van der Waals surface area contributed by atoms with Crippen LogP contribution >= 0.6 is 35.1 Å². The third-order valence-corrected chi connectivity index (χ3v) is 8.04. The van der Waals surface area contributed by atoms with Crippen molar-refractivity contribution < 1.29 is 51.2 Å². The van der Waals surface area contributed by atoms with E-state index in [9.17, 15) is 23.5 Å². The van der Waals surface area contributed by atoms with Crippen molar-refractivity contribution in [3.8, 4) is 12.3 Å². The second-order valence-corrected chi connectivity index (χ2v) is 11.0. The number of fused-ring (bicyclic) bond motifs is 1. The minimum Gasteiger partial charge on any atom is -0.382 e. The zero-order valence-electron chi connectivity index (χ0n) is 16.7. The second kappa shape index (κ2) is 10.5. The van der Waals surface area contributed by atoms with E-state index in [0.717, 1.165) is 0 Å². The third kappa shape index (κ3) is 7.80. The maximum absolute atomic E-state index is 12.1. The van der Waals surface area contributed by atoms with Crippen LogP contribution in [0, 0.1) is 12.3 Å². The number of nitrogen functional groups attached to an aromatic ring is 1. The molecule has 0 fully saturated rings. The van der Waals surface area contributed by atoms with Gasteiger partial charge in [-0.15, -0.1) is 23.9 Å². The predicted octanol–water partition coefficient (Wildman–Crippen LogP) is 1.29. The molecule has 0 radical (unpaired) electrons. The van der Waals surface area contributed by atoms with Crippen LogP contribution in [0.3, 0.4) is 0 Å². The van der Waals surface area contributed by atoms with Crippen molar-refractivity contribution in [2.45, 2.75) is 25.2 Å². The summed E-state index contributed by atoms with van der Waals surface area (Å²) < 4.78 is 53.6. The van der Waals surface area contributed by atoms with Crippen molar-refractivity contribution in [3.05, 3.63) is 12.7 Å². The number of hydrogen-bond acceptors (Lipinski definition) is 11. The molecule has 0 aliphatic rings. The van der Waals surface area contributed by atoms with E-state index < -0.39 is 41.9 Å². The fraction of sp³-hybridized carbons (Fsp3) is 0.462. The number of ether oxygens (including phenoxy) is 1. The molecule has 0 spiro atoms. The normalized spacial score (nSPS) is 18.7. The number of rotatable bonds is 12. The molecular weight excluding hydrogens is 531 g/mol. The Morgan fingerprint density at radius 2 is 1.88 bits per heavy atom. The number of nitrogens with zero attached hydrogens (tertiary/aromatic N) is 4. The van der Waals surface area contributed by atoms with Gasteiger partial charge in [0.2, 0.25) is 0 Å². The number of phosphoric ester groups is 1. The number of halogens is 1. The van der Waals surface area contributed by atoms with Crippen LogP contribution in [0.4, 0.5) is 5.82 Å². The van der Waals surface area contributed by atoms with Gasteiger partial charge in [0.05, 0.1) is 18.8 Å². The van der Waals surface area contributed by atoms with Crippen molar-refractivity contribution >= 4 is 52.1 Å². The molecule has 0 aliphatic heterocycles. The van der Waals surface area contributed by atoms with E-state index in [1.54, 1.807) is 6.92 Å². The van der Waals surface area contributed by atoms with Gasteiger partial charge in [-0.3, -0.25) is 9.09 Å². The van der Waals surface area contributed by atoms with E-state index >= 15 is 0 Å². The Morgan fingerprint density at radius 1 is 1.21 bits per heavy atom. The highest BCUT2D eigenvalue weighted by atomic mass is 35.5. The molecule has 2 rings (SSSR count). The fourth-order valence-electron chi connectivity index (χ4n) is 2.49. The Labute approximate surface area is 191 Å². The van der Waals surface area contributed by atoms with Crippen molar-refractivity contribution in [2.75, 3.05) is 18.2 Å². The summed E-state index contributed by atoms with van der Waals surface area (Å²) >= 11 is 5.99. The molecule has 0 aliphatic carbocycles. The van der Waals surface area contributed by atoms with E-state index in [-0.39, 0.29) is 23.6 Å². The van der Waals surface area contributed by atoms with Gasteiger partial charge < -0.3 is 30.0 Å². The molecule has 0 amide bonds. The Kier molecular flexibility index (Phi) is 8.81. The first kappa shape index (κ1) is 27.8. The lowest BCUT2D eigenvalue weighted by molar-refractivity contribution is -0.122. The van der Waals surface area contributed by atoms with Gasteiger partial charge in [-0.25, -0.2) is 28.6 Å². The number of terminal acetylenes is 1. The quantitative estimate of drug-likeness (QED) is 0.142. The molecule has 33 heavy (non-hydrogen) atoms. The van der Waals surface area contributed by atoms with Crippen LogP contribution in [0.15, 0.2) is 12.7 Å². The summed E-state index contributed by atoms with van der Waals surface area (Å²) in [5.74, 6) is 2.00. The highest BCUT2D eigenvalue weighted by Gasteiger charge is 2.43. The number of phosphoric acid groups is 3. The first-order chi connectivity index (χ1) is 15.1. The fourth-order valence-corrected chi connectivity index (χ4v) is 5.81. The van der Waals surface area contributed by atoms with Crippen LogP contribution in [-0.4, -0.2) is 57.2 Å². The van der Waals surface area contributed by atoms with Crippen LogP contribution < -0.4 is 5.73 Å². The van der Waals surface area contributed by atoms with Gasteiger partial charge >= 0.3 is 23.5 Å². The first-order valence-electron chi connectivity index (χ1n) is 8.51. The maximum atomic E-state index is 12.1. The Morgan fingerprint density at radius 3 is 2.45 bits per heavy atom. The molecule has 0 aromatic carbocycles. The molecule has 184 valence electrons. The van der Waals surface area contributed by atoms with Crippen LogP contribution in [0.1, 0.15) is 19.6 Å². The van der Waals surface area contributed by atoms with Gasteiger partial charge in [0.25, 0.3) is 0 Å². The minimum atomic E-state index is -5.69. The standard InChI is InChI=1S/C13H19ClN5O11P3/c1-3-4-13(5-14,6-27-32(23,24)30-33(25,26)29-31(20,21)22)28-9(2)19-8-18-10-11(15)16-7-17-12(10)19/h1,7-9H,4-6H2,2H3,(H,23,24)(H,25,26)(H2,15,16,17)(H2,20,21,22). The van der Waals surface area contributed by atoms with E-state index in [2.05, 4.69) is 34.0 Å². The van der Waals surface area contributed by atoms with E-state index in [1.807, 2.05) is 0 Å². The van der Waals surface area contributed by atoms with Crippen molar-refractivity contribution in [1.29, 1.82) is 0 Å². The zero-order valence-corrected chi connectivity index (χ0v) is 20.1. The average molecular weight is 550 g/mol. The first-order valence-corrected chi connectivity index (χ1v) is 13.6. The molecule has 2 heterocycles. The molecule has 2 aromatic heterocycles. The lowest BCUT2D eigenvalue weighted by Crippen LogP contribution is -2.41. The third-order valence-electron chi connectivity index (χ3n) is 3.77. The topological polar surface area (TPSA) is 239 Å². The molecule has 0 saturated heterocycles. The SMILES string of the molecule is C#CCC(CCl)(COP(=O)(O)OP(=O)(O)OP(=O)(O)O)OC(C)n1cnc2c(N)ncnc21. The zero-order chi connectivity index (χ0) is 25.1. The molecule has 16 nitrogen and oxygen atoms in total. The highest BCUT2D eigenvalue weighted by Crippen LogP contribution is 2.66. The number of imidazole rings is 1. The highest BCUT2D eigenvalue weighted by molar-refractivity contribution is 7.66. The molecule has 6 N–H and O–H groups in total. The van der Waals surface area contributed by atoms with Crippen molar-refractivity contribution in [3.63, 3.8) is 0 Å². The van der Waals surface area contributed by atoms with E-state index in [0.29, 0.717) is 5.65 Å². The molecule has 0 bridgehead atoms. The summed E-state index contributed by atoms with van der Waals surface area (Å²) in [6.07, 6.45) is 6.75. The minimum absolute atomic E-state index is 0.117. The summed E-state index contributed by atoms with van der Waals surface area (Å²) in [6, 6.07) is 0. The van der Waals surface area contributed by atoms with Crippen molar-refractivity contribution in [2.24, 2.45) is 0 Å². The summed E-state index contributed by atoms with van der Waals surface area (Å²) in [6.45, 7) is 0.695. The Bertz CT molecular complexity index is 1180. The van der Waals surface area contributed by atoms with Gasteiger partial charge in [-0.05, 0) is 6.92 Å². The number of alkyl halides is 1. The van der Waals surface area contributed by atoms with E-state index in [1.165, 1.54) is 17.2 Å². The molecule has 20 heteroatoms. The van der Waals surface area contributed by atoms with Gasteiger partial charge in [-0.1, -0.05) is 0 Å². The van der Waals surface area contributed by atoms with Crippen molar-refractivity contribution in [1.82, 2.24) is 19.5 Å². The lowest BCUT2D eigenvalue weighted by Gasteiger charge is -2.33. The number of anilines is 1. The van der Waals surface area contributed by atoms with E-state index in [4.69, 9.17) is 38.3 Å². The summed E-state index contributed by atoms with van der Waals surface area (Å²) in [7, 11) is -16.7. The molecule has 2 aromatic rings. The van der Waals surface area contributed by atoms with Gasteiger partial charge in [0, 0.05) is 6.42 Å².